The van der Waals surface area contributed by atoms with E-state index in [1.54, 1.807) is 18.0 Å². The summed E-state index contributed by atoms with van der Waals surface area (Å²) in [4.78, 5) is 17.6. The van der Waals surface area contributed by atoms with Crippen molar-refractivity contribution in [3.8, 4) is 5.88 Å². The lowest BCUT2D eigenvalue weighted by molar-refractivity contribution is -0.118. The van der Waals surface area contributed by atoms with Crippen LogP contribution in [-0.2, 0) is 11.3 Å². The minimum absolute atomic E-state index is 0.0333. The molecular weight excluding hydrogens is 344 g/mol. The summed E-state index contributed by atoms with van der Waals surface area (Å²) in [6.07, 6.45) is 6.73. The van der Waals surface area contributed by atoms with Gasteiger partial charge in [0.1, 0.15) is 6.10 Å². The van der Waals surface area contributed by atoms with Gasteiger partial charge in [-0.1, -0.05) is 17.7 Å². The number of rotatable bonds is 7. The molecule has 3 rings (SSSR count). The van der Waals surface area contributed by atoms with Gasteiger partial charge >= 0.3 is 0 Å². The van der Waals surface area contributed by atoms with Gasteiger partial charge in [0.2, 0.25) is 11.8 Å². The first-order chi connectivity index (χ1) is 12.6. The summed E-state index contributed by atoms with van der Waals surface area (Å²) < 4.78 is 5.92. The number of hydrogen-bond donors (Lipinski definition) is 1. The maximum atomic E-state index is 12.2. The number of nitrogens with one attached hydrogen (secondary N) is 1. The second-order valence-corrected chi connectivity index (χ2v) is 7.88. The largest absolute Gasteiger partial charge is 0.474 e. The minimum Gasteiger partial charge on any atom is -0.474 e. The van der Waals surface area contributed by atoms with Crippen molar-refractivity contribution in [1.29, 1.82) is 0 Å². The Bertz CT molecular complexity index is 757. The Morgan fingerprint density at radius 1 is 1.23 bits per heavy atom. The molecular formula is C21H26N2O2S. The normalized spacial score (nSPS) is 14.4. The van der Waals surface area contributed by atoms with Crippen LogP contribution >= 0.6 is 11.8 Å². The SMILES string of the molecule is Cc1ccc(C)c(SCC(=O)NCc2ccnc(OC3CCCC3)c2)c1. The summed E-state index contributed by atoms with van der Waals surface area (Å²) in [5, 5.41) is 2.98. The van der Waals surface area contributed by atoms with E-state index in [1.807, 2.05) is 12.1 Å². The molecule has 1 saturated carbocycles. The van der Waals surface area contributed by atoms with E-state index in [9.17, 15) is 4.79 Å². The van der Waals surface area contributed by atoms with Crippen molar-refractivity contribution in [1.82, 2.24) is 10.3 Å². The van der Waals surface area contributed by atoms with Gasteiger partial charge in [0, 0.05) is 23.7 Å². The molecule has 1 N–H and O–H groups in total. The van der Waals surface area contributed by atoms with E-state index in [2.05, 4.69) is 42.3 Å². The lowest BCUT2D eigenvalue weighted by Crippen LogP contribution is -2.24. The fourth-order valence-corrected chi connectivity index (χ4v) is 4.01. The molecule has 1 amide bonds. The summed E-state index contributed by atoms with van der Waals surface area (Å²) in [7, 11) is 0. The molecule has 1 fully saturated rings. The Hall–Kier alpha value is -2.01. The highest BCUT2D eigenvalue weighted by molar-refractivity contribution is 8.00. The first-order valence-electron chi connectivity index (χ1n) is 9.18. The third-order valence-corrected chi connectivity index (χ3v) is 5.74. The van der Waals surface area contributed by atoms with Gasteiger partial charge in [0.15, 0.2) is 0 Å². The van der Waals surface area contributed by atoms with Crippen LogP contribution in [-0.4, -0.2) is 22.7 Å². The molecule has 26 heavy (non-hydrogen) atoms. The third kappa shape index (κ3) is 5.49. The van der Waals surface area contributed by atoms with Gasteiger partial charge in [-0.15, -0.1) is 11.8 Å². The number of benzene rings is 1. The average Bonchev–Trinajstić information content (AvgIpc) is 3.14. The summed E-state index contributed by atoms with van der Waals surface area (Å²) in [5.41, 5.74) is 3.43. The average molecular weight is 371 g/mol. The zero-order valence-electron chi connectivity index (χ0n) is 15.5. The fraction of sp³-hybridized carbons (Fsp3) is 0.429. The Morgan fingerprint density at radius 2 is 2.04 bits per heavy atom. The molecule has 0 atom stereocenters. The predicted molar refractivity (Wildman–Crippen MR) is 106 cm³/mol. The molecule has 0 spiro atoms. The summed E-state index contributed by atoms with van der Waals surface area (Å²) >= 11 is 1.58. The van der Waals surface area contributed by atoms with Crippen molar-refractivity contribution >= 4 is 17.7 Å². The highest BCUT2D eigenvalue weighted by atomic mass is 32.2. The number of ether oxygens (including phenoxy) is 1. The molecule has 4 nitrogen and oxygen atoms in total. The predicted octanol–water partition coefficient (Wildman–Crippen LogP) is 4.43. The standard InChI is InChI=1S/C21H26N2O2S/c1-15-7-8-16(2)19(11-15)26-14-20(24)23-13-17-9-10-22-21(12-17)25-18-5-3-4-6-18/h7-12,18H,3-6,13-14H2,1-2H3,(H,23,24). The highest BCUT2D eigenvalue weighted by Crippen LogP contribution is 2.24. The molecule has 0 saturated heterocycles. The fourth-order valence-electron chi connectivity index (χ4n) is 3.06. The first kappa shape index (κ1) is 18.8. The number of pyridine rings is 1. The van der Waals surface area contributed by atoms with Crippen molar-refractivity contribution in [2.24, 2.45) is 0 Å². The molecule has 1 aromatic carbocycles. The van der Waals surface area contributed by atoms with Crippen LogP contribution in [0.5, 0.6) is 5.88 Å². The van der Waals surface area contributed by atoms with Crippen LogP contribution < -0.4 is 10.1 Å². The molecule has 5 heteroatoms. The molecule has 2 aromatic rings. The molecule has 1 aromatic heterocycles. The molecule has 1 aliphatic rings. The molecule has 0 radical (unpaired) electrons. The highest BCUT2D eigenvalue weighted by Gasteiger charge is 2.17. The minimum atomic E-state index is 0.0333. The number of carbonyl (C=O) groups excluding carboxylic acids is 1. The van der Waals surface area contributed by atoms with Crippen LogP contribution in [0.4, 0.5) is 0 Å². The zero-order valence-corrected chi connectivity index (χ0v) is 16.3. The Labute approximate surface area is 159 Å². The monoisotopic (exact) mass is 370 g/mol. The number of thioether (sulfide) groups is 1. The number of nitrogens with zero attached hydrogens (tertiary/aromatic N) is 1. The maximum absolute atomic E-state index is 12.2. The summed E-state index contributed by atoms with van der Waals surface area (Å²) in [5.74, 6) is 1.11. The number of amides is 1. The van der Waals surface area contributed by atoms with E-state index >= 15 is 0 Å². The second-order valence-electron chi connectivity index (χ2n) is 6.86. The van der Waals surface area contributed by atoms with E-state index in [4.69, 9.17) is 4.74 Å². The maximum Gasteiger partial charge on any atom is 0.230 e. The molecule has 0 unspecified atom stereocenters. The Kier molecular flexibility index (Phi) is 6.56. The third-order valence-electron chi connectivity index (χ3n) is 4.58. The second kappa shape index (κ2) is 9.08. The van der Waals surface area contributed by atoms with Crippen molar-refractivity contribution in [3.63, 3.8) is 0 Å². The quantitative estimate of drug-likeness (QED) is 0.733. The smallest absolute Gasteiger partial charge is 0.230 e. The molecule has 1 heterocycles. The topological polar surface area (TPSA) is 51.2 Å². The Balaban J connectivity index is 1.47. The van der Waals surface area contributed by atoms with Crippen molar-refractivity contribution in [3.05, 3.63) is 53.2 Å². The van der Waals surface area contributed by atoms with Crippen LogP contribution in [0.2, 0.25) is 0 Å². The van der Waals surface area contributed by atoms with Crippen LogP contribution in [0.1, 0.15) is 42.4 Å². The number of aryl methyl sites for hydroxylation is 2. The van der Waals surface area contributed by atoms with Gasteiger partial charge < -0.3 is 10.1 Å². The van der Waals surface area contributed by atoms with Crippen LogP contribution in [0.3, 0.4) is 0 Å². The number of aromatic nitrogens is 1. The van der Waals surface area contributed by atoms with Crippen LogP contribution in [0.15, 0.2) is 41.4 Å². The molecule has 138 valence electrons. The molecule has 0 bridgehead atoms. The van der Waals surface area contributed by atoms with Gasteiger partial charge in [-0.05, 0) is 62.8 Å². The van der Waals surface area contributed by atoms with Gasteiger partial charge in [0.05, 0.1) is 5.75 Å². The lowest BCUT2D eigenvalue weighted by atomic mass is 10.2. The van der Waals surface area contributed by atoms with Crippen LogP contribution in [0.25, 0.3) is 0 Å². The van der Waals surface area contributed by atoms with E-state index in [1.165, 1.54) is 24.0 Å². The summed E-state index contributed by atoms with van der Waals surface area (Å²) in [6.45, 7) is 4.64. The lowest BCUT2D eigenvalue weighted by Gasteiger charge is -2.13. The first-order valence-corrected chi connectivity index (χ1v) is 10.2. The number of hydrogen-bond acceptors (Lipinski definition) is 4. The van der Waals surface area contributed by atoms with Crippen LogP contribution in [0, 0.1) is 13.8 Å². The Morgan fingerprint density at radius 3 is 2.85 bits per heavy atom. The van der Waals surface area contributed by atoms with E-state index < -0.39 is 0 Å². The van der Waals surface area contributed by atoms with Crippen molar-refractivity contribution in [2.45, 2.75) is 57.1 Å². The summed E-state index contributed by atoms with van der Waals surface area (Å²) in [6, 6.07) is 10.2. The van der Waals surface area contributed by atoms with Gasteiger partial charge in [-0.2, -0.15) is 0 Å². The van der Waals surface area contributed by atoms with E-state index in [0.717, 1.165) is 23.3 Å². The molecule has 1 aliphatic carbocycles. The van der Waals surface area contributed by atoms with Gasteiger partial charge in [-0.25, -0.2) is 4.98 Å². The van der Waals surface area contributed by atoms with Gasteiger partial charge in [-0.3, -0.25) is 4.79 Å². The zero-order chi connectivity index (χ0) is 18.4. The van der Waals surface area contributed by atoms with Gasteiger partial charge in [0.25, 0.3) is 0 Å². The number of carbonyl (C=O) groups is 1. The van der Waals surface area contributed by atoms with Crippen molar-refractivity contribution < 1.29 is 9.53 Å². The van der Waals surface area contributed by atoms with Crippen molar-refractivity contribution in [2.75, 3.05) is 5.75 Å². The van der Waals surface area contributed by atoms with E-state index in [0.29, 0.717) is 24.3 Å². The van der Waals surface area contributed by atoms with E-state index in [-0.39, 0.29) is 5.91 Å². The molecule has 0 aliphatic heterocycles.